The minimum absolute atomic E-state index is 0.0276. The molecule has 1 heterocycles. The lowest BCUT2D eigenvalue weighted by atomic mass is 9.85. The molecule has 8 nitrogen and oxygen atoms in total. The zero-order chi connectivity index (χ0) is 22.4. The van der Waals surface area contributed by atoms with Crippen molar-refractivity contribution < 1.29 is 22.7 Å². The van der Waals surface area contributed by atoms with Gasteiger partial charge in [0.1, 0.15) is 11.6 Å². The van der Waals surface area contributed by atoms with E-state index in [1.165, 1.54) is 18.2 Å². The van der Waals surface area contributed by atoms with E-state index < -0.39 is 6.36 Å². The molecular weight excluding hydrogens is 413 g/mol. The second-order valence-corrected chi connectivity index (χ2v) is 7.35. The molecule has 2 aromatic rings. The standard InChI is InChI=1S/C20H25F3N6O2/c1-12-26-18(24-2)29-19(27-12)28-15-9-7-13(8-10-15)17(30)25-11-14-5-3-4-6-16(14)31-20(21,22)23/h3-6,13,15H,7-11H2,1-2H3,(H,25,30)(H2,24,26,27,28,29)/t13-,15-. The van der Waals surface area contributed by atoms with Gasteiger partial charge < -0.3 is 20.7 Å². The van der Waals surface area contributed by atoms with E-state index in [9.17, 15) is 18.0 Å². The Labute approximate surface area is 178 Å². The summed E-state index contributed by atoms with van der Waals surface area (Å²) in [6.07, 6.45) is -1.95. The van der Waals surface area contributed by atoms with Gasteiger partial charge in [0.15, 0.2) is 0 Å². The molecule has 168 valence electrons. The van der Waals surface area contributed by atoms with E-state index in [2.05, 4.69) is 35.6 Å². The van der Waals surface area contributed by atoms with Gasteiger partial charge in [0.25, 0.3) is 0 Å². The molecule has 0 spiro atoms. The van der Waals surface area contributed by atoms with E-state index in [4.69, 9.17) is 0 Å². The fourth-order valence-corrected chi connectivity index (χ4v) is 3.54. The van der Waals surface area contributed by atoms with E-state index in [1.807, 2.05) is 0 Å². The van der Waals surface area contributed by atoms with Crippen molar-refractivity contribution in [2.45, 2.75) is 51.6 Å². The normalized spacial score (nSPS) is 18.9. The largest absolute Gasteiger partial charge is 0.573 e. The Balaban J connectivity index is 1.49. The number of hydrogen-bond donors (Lipinski definition) is 3. The quantitative estimate of drug-likeness (QED) is 0.609. The van der Waals surface area contributed by atoms with Crippen LogP contribution < -0.4 is 20.7 Å². The van der Waals surface area contributed by atoms with Crippen molar-refractivity contribution in [1.29, 1.82) is 0 Å². The Morgan fingerprint density at radius 2 is 1.77 bits per heavy atom. The highest BCUT2D eigenvalue weighted by molar-refractivity contribution is 5.78. The summed E-state index contributed by atoms with van der Waals surface area (Å²) < 4.78 is 41.6. The zero-order valence-electron chi connectivity index (χ0n) is 17.3. The van der Waals surface area contributed by atoms with Crippen molar-refractivity contribution in [3.05, 3.63) is 35.7 Å². The number of nitrogens with one attached hydrogen (secondary N) is 3. The number of alkyl halides is 3. The average Bonchev–Trinajstić information content (AvgIpc) is 2.72. The maximum absolute atomic E-state index is 12.5. The van der Waals surface area contributed by atoms with Crippen molar-refractivity contribution in [3.63, 3.8) is 0 Å². The SMILES string of the molecule is CNc1nc(C)nc(N[C@H]2CC[C@H](C(=O)NCc3ccccc3OC(F)(F)F)CC2)n1. The molecule has 0 bridgehead atoms. The minimum Gasteiger partial charge on any atom is -0.405 e. The van der Waals surface area contributed by atoms with Gasteiger partial charge in [-0.2, -0.15) is 15.0 Å². The highest BCUT2D eigenvalue weighted by Gasteiger charge is 2.32. The predicted octanol–water partition coefficient (Wildman–Crippen LogP) is 3.41. The number of carbonyl (C=O) groups is 1. The van der Waals surface area contributed by atoms with Gasteiger partial charge in [-0.3, -0.25) is 4.79 Å². The van der Waals surface area contributed by atoms with Gasteiger partial charge in [0.05, 0.1) is 0 Å². The number of nitrogens with zero attached hydrogens (tertiary/aromatic N) is 3. The molecule has 3 rings (SSSR count). The van der Waals surface area contributed by atoms with E-state index in [0.29, 0.717) is 30.6 Å². The first-order valence-electron chi connectivity index (χ1n) is 10.0. The lowest BCUT2D eigenvalue weighted by Crippen LogP contribution is -2.36. The second kappa shape index (κ2) is 9.80. The summed E-state index contributed by atoms with van der Waals surface area (Å²) in [6, 6.07) is 5.92. The maximum atomic E-state index is 12.5. The predicted molar refractivity (Wildman–Crippen MR) is 108 cm³/mol. The molecule has 0 unspecified atom stereocenters. The molecule has 0 atom stereocenters. The molecule has 3 N–H and O–H groups in total. The Kier molecular flexibility index (Phi) is 7.13. The number of benzene rings is 1. The average molecular weight is 438 g/mol. The summed E-state index contributed by atoms with van der Waals surface area (Å²) >= 11 is 0. The molecule has 0 saturated heterocycles. The fourth-order valence-electron chi connectivity index (χ4n) is 3.54. The van der Waals surface area contributed by atoms with E-state index in [0.717, 1.165) is 12.8 Å². The smallest absolute Gasteiger partial charge is 0.405 e. The van der Waals surface area contributed by atoms with Crippen molar-refractivity contribution in [2.75, 3.05) is 17.7 Å². The van der Waals surface area contributed by atoms with Crippen molar-refractivity contribution >= 4 is 17.8 Å². The number of carbonyl (C=O) groups excluding carboxylic acids is 1. The molecule has 1 saturated carbocycles. The number of aryl methyl sites for hydroxylation is 1. The second-order valence-electron chi connectivity index (χ2n) is 7.35. The number of rotatable bonds is 7. The molecule has 1 aliphatic carbocycles. The number of para-hydroxylation sites is 1. The van der Waals surface area contributed by atoms with Gasteiger partial charge in [-0.1, -0.05) is 18.2 Å². The molecule has 11 heteroatoms. The maximum Gasteiger partial charge on any atom is 0.573 e. The van der Waals surface area contributed by atoms with Crippen molar-refractivity contribution in [2.24, 2.45) is 5.92 Å². The fraction of sp³-hybridized carbons (Fsp3) is 0.500. The van der Waals surface area contributed by atoms with Crippen LogP contribution in [0.5, 0.6) is 5.75 Å². The van der Waals surface area contributed by atoms with Crippen LogP contribution in [-0.4, -0.2) is 40.3 Å². The van der Waals surface area contributed by atoms with Crippen LogP contribution in [0.4, 0.5) is 25.1 Å². The Morgan fingerprint density at radius 3 is 2.45 bits per heavy atom. The minimum atomic E-state index is -4.78. The van der Waals surface area contributed by atoms with Gasteiger partial charge in [-0.15, -0.1) is 13.2 Å². The van der Waals surface area contributed by atoms with Crippen molar-refractivity contribution in [3.8, 4) is 5.75 Å². The summed E-state index contributed by atoms with van der Waals surface area (Å²) in [5.74, 6) is 0.904. The highest BCUT2D eigenvalue weighted by Crippen LogP contribution is 2.28. The number of amides is 1. The number of anilines is 2. The topological polar surface area (TPSA) is 101 Å². The first kappa shape index (κ1) is 22.6. The third-order valence-corrected chi connectivity index (χ3v) is 5.05. The Hall–Kier alpha value is -3.11. The third kappa shape index (κ3) is 6.69. The van der Waals surface area contributed by atoms with Crippen LogP contribution in [0.25, 0.3) is 0 Å². The number of halogens is 3. The first-order valence-corrected chi connectivity index (χ1v) is 10.0. The summed E-state index contributed by atoms with van der Waals surface area (Å²) in [6.45, 7) is 1.76. The van der Waals surface area contributed by atoms with E-state index in [1.54, 1.807) is 20.0 Å². The van der Waals surface area contributed by atoms with Crippen LogP contribution in [0.15, 0.2) is 24.3 Å². The number of ether oxygens (including phenoxy) is 1. The molecule has 1 aliphatic rings. The van der Waals surface area contributed by atoms with Gasteiger partial charge >= 0.3 is 6.36 Å². The molecule has 31 heavy (non-hydrogen) atoms. The molecule has 1 aromatic heterocycles. The highest BCUT2D eigenvalue weighted by atomic mass is 19.4. The summed E-state index contributed by atoms with van der Waals surface area (Å²) in [4.78, 5) is 25.2. The molecule has 1 amide bonds. The van der Waals surface area contributed by atoms with Crippen LogP contribution in [0, 0.1) is 12.8 Å². The Bertz CT molecular complexity index is 901. The van der Waals surface area contributed by atoms with Crippen LogP contribution in [0.3, 0.4) is 0 Å². The molecule has 0 aliphatic heterocycles. The molecular formula is C20H25F3N6O2. The monoisotopic (exact) mass is 438 g/mol. The summed E-state index contributed by atoms with van der Waals surface area (Å²) in [5.41, 5.74) is 0.272. The zero-order valence-corrected chi connectivity index (χ0v) is 17.3. The number of aromatic nitrogens is 3. The van der Waals surface area contributed by atoms with E-state index >= 15 is 0 Å². The van der Waals surface area contributed by atoms with Gasteiger partial charge in [-0.05, 0) is 38.7 Å². The van der Waals surface area contributed by atoms with Crippen LogP contribution in [0.2, 0.25) is 0 Å². The van der Waals surface area contributed by atoms with E-state index in [-0.39, 0.29) is 35.7 Å². The third-order valence-electron chi connectivity index (χ3n) is 5.05. The number of hydrogen-bond acceptors (Lipinski definition) is 7. The van der Waals surface area contributed by atoms with Gasteiger partial charge in [0.2, 0.25) is 17.8 Å². The molecule has 1 aromatic carbocycles. The van der Waals surface area contributed by atoms with Gasteiger partial charge in [0, 0.05) is 31.1 Å². The van der Waals surface area contributed by atoms with Gasteiger partial charge in [-0.25, -0.2) is 0 Å². The summed E-state index contributed by atoms with van der Waals surface area (Å²) in [5, 5.41) is 8.90. The first-order chi connectivity index (χ1) is 14.7. The summed E-state index contributed by atoms with van der Waals surface area (Å²) in [7, 11) is 1.73. The lowest BCUT2D eigenvalue weighted by Gasteiger charge is -2.28. The molecule has 0 radical (unpaired) electrons. The Morgan fingerprint density at radius 1 is 1.10 bits per heavy atom. The van der Waals surface area contributed by atoms with Crippen LogP contribution in [0.1, 0.15) is 37.1 Å². The molecule has 1 fully saturated rings. The lowest BCUT2D eigenvalue weighted by molar-refractivity contribution is -0.274. The van der Waals surface area contributed by atoms with Crippen molar-refractivity contribution in [1.82, 2.24) is 20.3 Å². The van der Waals surface area contributed by atoms with Crippen LogP contribution >= 0.6 is 0 Å². The van der Waals surface area contributed by atoms with Crippen LogP contribution in [-0.2, 0) is 11.3 Å².